The molecule has 184 valence electrons. The second kappa shape index (κ2) is 11.6. The van der Waals surface area contributed by atoms with Crippen LogP contribution in [-0.2, 0) is 18.6 Å². The second-order valence-electron chi connectivity index (χ2n) is 8.78. The quantitative estimate of drug-likeness (QED) is 0.375. The fourth-order valence-electron chi connectivity index (χ4n) is 3.52. The van der Waals surface area contributed by atoms with E-state index in [-0.39, 0.29) is 36.7 Å². The maximum absolute atomic E-state index is 12.6. The molecule has 0 aliphatic carbocycles. The first-order chi connectivity index (χ1) is 16.2. The normalized spacial score (nSPS) is 13.5. The fraction of sp³-hybridized carbons (Fsp3) is 0.440. The van der Waals surface area contributed by atoms with Gasteiger partial charge in [-0.15, -0.1) is 16.7 Å². The third kappa shape index (κ3) is 6.68. The lowest BCUT2D eigenvalue weighted by atomic mass is 9.77. The third-order valence-corrected chi connectivity index (χ3v) is 6.00. The Morgan fingerprint density at radius 1 is 1.03 bits per heavy atom. The summed E-state index contributed by atoms with van der Waals surface area (Å²) in [5.74, 6) is 1.49. The van der Waals surface area contributed by atoms with Gasteiger partial charge in [0, 0.05) is 5.41 Å². The molecule has 9 heteroatoms. The smallest absolute Gasteiger partial charge is 0.135 e. The van der Waals surface area contributed by atoms with E-state index >= 15 is 0 Å². The summed E-state index contributed by atoms with van der Waals surface area (Å²) in [6.07, 6.45) is -0.0423. The molecule has 1 heterocycles. The van der Waals surface area contributed by atoms with Crippen molar-refractivity contribution >= 4 is 11.6 Å². The Balaban J connectivity index is 1.59. The van der Waals surface area contributed by atoms with Crippen molar-refractivity contribution in [2.24, 2.45) is 0 Å². The maximum Gasteiger partial charge on any atom is 0.135 e. The summed E-state index contributed by atoms with van der Waals surface area (Å²) < 4.78 is 25.3. The number of rotatable bonds is 12. The number of hydrogen-bond donors (Lipinski definition) is 2. The van der Waals surface area contributed by atoms with Crippen LogP contribution in [0.1, 0.15) is 36.2 Å². The number of ether oxygens (including phenoxy) is 2. The van der Waals surface area contributed by atoms with Crippen molar-refractivity contribution in [1.29, 1.82) is 0 Å². The molecule has 0 aliphatic rings. The van der Waals surface area contributed by atoms with E-state index in [9.17, 15) is 14.6 Å². The molecule has 3 aromatic rings. The highest BCUT2D eigenvalue weighted by Gasteiger charge is 2.24. The molecular formula is C25H31ClFN3O4. The minimum Gasteiger partial charge on any atom is -0.491 e. The van der Waals surface area contributed by atoms with E-state index in [1.54, 1.807) is 0 Å². The van der Waals surface area contributed by atoms with E-state index in [0.29, 0.717) is 5.75 Å². The summed E-state index contributed by atoms with van der Waals surface area (Å²) in [5.41, 5.74) is 3.17. The third-order valence-electron chi connectivity index (χ3n) is 5.65. The highest BCUT2D eigenvalue weighted by Crippen LogP contribution is 2.34. The largest absolute Gasteiger partial charge is 0.491 e. The first-order valence-corrected chi connectivity index (χ1v) is 11.6. The molecule has 34 heavy (non-hydrogen) atoms. The van der Waals surface area contributed by atoms with Crippen LogP contribution in [0.25, 0.3) is 0 Å². The molecule has 0 amide bonds. The number of benzene rings is 2. The molecule has 0 saturated heterocycles. The summed E-state index contributed by atoms with van der Waals surface area (Å²) in [6, 6.07) is 13.8. The SMILES string of the molecule is Cc1cc(C(C)(C)c2ccc(OC[C@@H](O)Cn3cc(CF)nn3)cc2)ccc1OC[C@H](O)CCl. The molecule has 2 N–H and O–H groups in total. The van der Waals surface area contributed by atoms with Crippen LogP contribution in [0, 0.1) is 6.92 Å². The zero-order chi connectivity index (χ0) is 24.7. The Labute approximate surface area is 204 Å². The van der Waals surface area contributed by atoms with Crippen LogP contribution in [0.4, 0.5) is 4.39 Å². The van der Waals surface area contributed by atoms with Crippen LogP contribution in [-0.4, -0.2) is 56.5 Å². The van der Waals surface area contributed by atoms with Gasteiger partial charge in [-0.05, 0) is 41.8 Å². The van der Waals surface area contributed by atoms with Gasteiger partial charge in [-0.25, -0.2) is 9.07 Å². The van der Waals surface area contributed by atoms with Crippen molar-refractivity contribution in [3.8, 4) is 11.5 Å². The van der Waals surface area contributed by atoms with Gasteiger partial charge in [0.15, 0.2) is 0 Å². The van der Waals surface area contributed by atoms with Crippen LogP contribution in [0.5, 0.6) is 11.5 Å². The summed E-state index contributed by atoms with van der Waals surface area (Å²) in [4.78, 5) is 0. The van der Waals surface area contributed by atoms with Crippen molar-refractivity contribution in [3.05, 3.63) is 71.0 Å². The Morgan fingerprint density at radius 2 is 1.71 bits per heavy atom. The Bertz CT molecular complexity index is 1060. The van der Waals surface area contributed by atoms with E-state index in [1.807, 2.05) is 43.3 Å². The summed E-state index contributed by atoms with van der Waals surface area (Å²) in [6.45, 7) is 5.97. The zero-order valence-corrected chi connectivity index (χ0v) is 20.4. The standard InChI is InChI=1S/C25H31ClFN3O4/c1-17-10-19(6-9-24(17)34-15-21(31)11-26)25(2,3)18-4-7-23(8-5-18)33-16-22(32)14-30-13-20(12-27)28-29-30/h4-10,13,21-22,31-32H,11-12,14-16H2,1-3H3/t21-,22+/m1/s1. The first kappa shape index (κ1) is 25.9. The molecule has 0 unspecified atom stereocenters. The van der Waals surface area contributed by atoms with Crippen molar-refractivity contribution in [2.75, 3.05) is 19.1 Å². The average molecular weight is 492 g/mol. The molecule has 2 aromatic carbocycles. The number of halogens is 2. The van der Waals surface area contributed by atoms with Gasteiger partial charge in [0.1, 0.15) is 49.3 Å². The van der Waals surface area contributed by atoms with E-state index in [1.165, 1.54) is 10.9 Å². The van der Waals surface area contributed by atoms with Crippen LogP contribution in [0.15, 0.2) is 48.7 Å². The number of alkyl halides is 2. The fourth-order valence-corrected chi connectivity index (χ4v) is 3.60. The Hall–Kier alpha value is -2.68. The van der Waals surface area contributed by atoms with E-state index < -0.39 is 18.9 Å². The maximum atomic E-state index is 12.6. The number of aliphatic hydroxyl groups excluding tert-OH is 2. The van der Waals surface area contributed by atoms with Crippen LogP contribution < -0.4 is 9.47 Å². The lowest BCUT2D eigenvalue weighted by molar-refractivity contribution is 0.0888. The Kier molecular flexibility index (Phi) is 8.88. The number of hydrogen-bond acceptors (Lipinski definition) is 6. The lowest BCUT2D eigenvalue weighted by Gasteiger charge is -2.27. The molecule has 0 spiro atoms. The van der Waals surface area contributed by atoms with Crippen molar-refractivity contribution in [1.82, 2.24) is 15.0 Å². The molecule has 2 atom stereocenters. The number of aliphatic hydroxyl groups is 2. The van der Waals surface area contributed by atoms with Gasteiger partial charge in [0.2, 0.25) is 0 Å². The molecule has 0 fully saturated rings. The molecule has 3 rings (SSSR count). The van der Waals surface area contributed by atoms with Crippen molar-refractivity contribution < 1.29 is 24.1 Å². The van der Waals surface area contributed by atoms with Crippen LogP contribution >= 0.6 is 11.6 Å². The minimum absolute atomic E-state index is 0.0760. The van der Waals surface area contributed by atoms with Gasteiger partial charge in [-0.1, -0.05) is 43.3 Å². The molecule has 0 aliphatic heterocycles. The topological polar surface area (TPSA) is 89.6 Å². The zero-order valence-electron chi connectivity index (χ0n) is 19.6. The van der Waals surface area contributed by atoms with E-state index in [4.69, 9.17) is 21.1 Å². The van der Waals surface area contributed by atoms with E-state index in [2.05, 4.69) is 30.2 Å². The van der Waals surface area contributed by atoms with Crippen molar-refractivity contribution in [3.63, 3.8) is 0 Å². The average Bonchev–Trinajstić information content (AvgIpc) is 3.29. The molecule has 0 bridgehead atoms. The highest BCUT2D eigenvalue weighted by atomic mass is 35.5. The van der Waals surface area contributed by atoms with Gasteiger partial charge in [0.05, 0.1) is 18.6 Å². The van der Waals surface area contributed by atoms with Gasteiger partial charge in [-0.2, -0.15) is 0 Å². The monoisotopic (exact) mass is 491 g/mol. The van der Waals surface area contributed by atoms with E-state index in [0.717, 1.165) is 22.4 Å². The molecule has 7 nitrogen and oxygen atoms in total. The van der Waals surface area contributed by atoms with Gasteiger partial charge >= 0.3 is 0 Å². The first-order valence-electron chi connectivity index (χ1n) is 11.1. The van der Waals surface area contributed by atoms with Gasteiger partial charge in [0.25, 0.3) is 0 Å². The number of aromatic nitrogens is 3. The van der Waals surface area contributed by atoms with Gasteiger partial charge < -0.3 is 19.7 Å². The number of nitrogens with zero attached hydrogens (tertiary/aromatic N) is 3. The van der Waals surface area contributed by atoms with Crippen LogP contribution in [0.2, 0.25) is 0 Å². The van der Waals surface area contributed by atoms with Crippen LogP contribution in [0.3, 0.4) is 0 Å². The predicted octanol–water partition coefficient (Wildman–Crippen LogP) is 3.80. The second-order valence-corrected chi connectivity index (χ2v) is 9.09. The molecule has 0 radical (unpaired) electrons. The summed E-state index contributed by atoms with van der Waals surface area (Å²) >= 11 is 5.63. The number of aryl methyl sites for hydroxylation is 1. The molecule has 1 aromatic heterocycles. The van der Waals surface area contributed by atoms with Gasteiger partial charge in [-0.3, -0.25) is 0 Å². The minimum atomic E-state index is -0.806. The predicted molar refractivity (Wildman–Crippen MR) is 128 cm³/mol. The Morgan fingerprint density at radius 3 is 2.32 bits per heavy atom. The summed E-state index contributed by atoms with van der Waals surface area (Å²) in [7, 11) is 0. The lowest BCUT2D eigenvalue weighted by Crippen LogP contribution is -2.24. The molecular weight excluding hydrogens is 461 g/mol. The molecule has 0 saturated carbocycles. The van der Waals surface area contributed by atoms with Crippen molar-refractivity contribution in [2.45, 2.75) is 51.6 Å². The summed E-state index contributed by atoms with van der Waals surface area (Å²) in [5, 5.41) is 27.2. The highest BCUT2D eigenvalue weighted by molar-refractivity contribution is 6.18.